The molecule has 1 aliphatic rings. The minimum atomic E-state index is 0.172. The van der Waals surface area contributed by atoms with Gasteiger partial charge in [-0.05, 0) is 24.2 Å². The lowest BCUT2D eigenvalue weighted by Gasteiger charge is -2.23. The van der Waals surface area contributed by atoms with Gasteiger partial charge in [0, 0.05) is 23.9 Å². The average Bonchev–Trinajstić information content (AvgIpc) is 2.45. The zero-order valence-corrected chi connectivity index (χ0v) is 11.1. The fourth-order valence-electron chi connectivity index (χ4n) is 2.13. The molecule has 1 fully saturated rings. The van der Waals surface area contributed by atoms with Crippen LogP contribution in [0.1, 0.15) is 24.0 Å². The predicted molar refractivity (Wildman–Crippen MR) is 76.1 cm³/mol. The Balaban J connectivity index is 2.00. The number of rotatable bonds is 4. The van der Waals surface area contributed by atoms with Gasteiger partial charge >= 0.3 is 0 Å². The molecule has 1 aromatic carbocycles. The van der Waals surface area contributed by atoms with Crippen molar-refractivity contribution in [1.29, 1.82) is 0 Å². The summed E-state index contributed by atoms with van der Waals surface area (Å²) in [5, 5.41) is 15.4. The van der Waals surface area contributed by atoms with E-state index in [1.165, 1.54) is 24.3 Å². The van der Waals surface area contributed by atoms with Crippen LogP contribution in [0.3, 0.4) is 0 Å². The second-order valence-corrected chi connectivity index (χ2v) is 5.59. The van der Waals surface area contributed by atoms with Crippen molar-refractivity contribution in [2.75, 3.05) is 11.5 Å². The normalized spacial score (nSPS) is 20.9. The first-order valence-corrected chi connectivity index (χ1v) is 7.33. The third-order valence-electron chi connectivity index (χ3n) is 3.14. The van der Waals surface area contributed by atoms with Crippen LogP contribution in [0.15, 0.2) is 29.4 Å². The third-order valence-corrected chi connectivity index (χ3v) is 4.36. The van der Waals surface area contributed by atoms with Gasteiger partial charge in [-0.2, -0.15) is 11.8 Å². The molecule has 0 spiro atoms. The predicted octanol–water partition coefficient (Wildman–Crippen LogP) is 1.77. The van der Waals surface area contributed by atoms with E-state index in [0.29, 0.717) is 6.04 Å². The standard InChI is InChI=1S/C13H19N3OS/c14-13(16-17)12-6-2-1-4-10(12)8-15-11-5-3-7-18-9-11/h1-2,4,6,11,15,17H,3,5,7-9H2,(H2,14,16). The van der Waals surface area contributed by atoms with Crippen LogP contribution >= 0.6 is 11.8 Å². The maximum atomic E-state index is 8.77. The Morgan fingerprint density at radius 1 is 1.50 bits per heavy atom. The van der Waals surface area contributed by atoms with Crippen LogP contribution in [0.2, 0.25) is 0 Å². The lowest BCUT2D eigenvalue weighted by Crippen LogP contribution is -2.33. The van der Waals surface area contributed by atoms with Crippen molar-refractivity contribution in [1.82, 2.24) is 5.32 Å². The van der Waals surface area contributed by atoms with Crippen LogP contribution in [0.25, 0.3) is 0 Å². The molecule has 4 nitrogen and oxygen atoms in total. The Bertz CT molecular complexity index is 416. The molecule has 1 heterocycles. The van der Waals surface area contributed by atoms with Crippen molar-refractivity contribution in [2.45, 2.75) is 25.4 Å². The molecule has 1 aliphatic heterocycles. The summed E-state index contributed by atoms with van der Waals surface area (Å²) in [5.41, 5.74) is 7.55. The highest BCUT2D eigenvalue weighted by molar-refractivity contribution is 7.99. The van der Waals surface area contributed by atoms with E-state index in [1.54, 1.807) is 0 Å². The van der Waals surface area contributed by atoms with Crippen molar-refractivity contribution in [2.24, 2.45) is 10.9 Å². The van der Waals surface area contributed by atoms with Crippen molar-refractivity contribution in [3.63, 3.8) is 0 Å². The van der Waals surface area contributed by atoms with E-state index in [4.69, 9.17) is 10.9 Å². The lowest BCUT2D eigenvalue weighted by molar-refractivity contribution is 0.318. The first-order chi connectivity index (χ1) is 8.81. The molecule has 0 saturated carbocycles. The molecule has 1 saturated heterocycles. The zero-order valence-electron chi connectivity index (χ0n) is 10.3. The molecule has 5 heteroatoms. The molecule has 0 radical (unpaired) electrons. The van der Waals surface area contributed by atoms with Gasteiger partial charge in [0.2, 0.25) is 0 Å². The fourth-order valence-corrected chi connectivity index (χ4v) is 3.24. The zero-order chi connectivity index (χ0) is 12.8. The third kappa shape index (κ3) is 3.40. The Labute approximate surface area is 112 Å². The van der Waals surface area contributed by atoms with E-state index in [0.717, 1.165) is 17.7 Å². The molecule has 1 aromatic rings. The summed E-state index contributed by atoms with van der Waals surface area (Å²) in [4.78, 5) is 0. The van der Waals surface area contributed by atoms with Crippen LogP contribution in [-0.2, 0) is 6.54 Å². The smallest absolute Gasteiger partial charge is 0.170 e. The first-order valence-electron chi connectivity index (χ1n) is 6.18. The van der Waals surface area contributed by atoms with E-state index >= 15 is 0 Å². The largest absolute Gasteiger partial charge is 0.409 e. The lowest BCUT2D eigenvalue weighted by atomic mass is 10.1. The molecule has 0 aliphatic carbocycles. The van der Waals surface area contributed by atoms with Crippen molar-refractivity contribution < 1.29 is 5.21 Å². The summed E-state index contributed by atoms with van der Waals surface area (Å²) in [6.45, 7) is 0.762. The molecule has 1 unspecified atom stereocenters. The minimum absolute atomic E-state index is 0.172. The molecular weight excluding hydrogens is 246 g/mol. The van der Waals surface area contributed by atoms with Crippen molar-refractivity contribution in [3.05, 3.63) is 35.4 Å². The first kappa shape index (κ1) is 13.2. The molecule has 0 bridgehead atoms. The van der Waals surface area contributed by atoms with Crippen molar-refractivity contribution in [3.8, 4) is 0 Å². The minimum Gasteiger partial charge on any atom is -0.409 e. The topological polar surface area (TPSA) is 70.6 Å². The van der Waals surface area contributed by atoms with Gasteiger partial charge in [-0.15, -0.1) is 0 Å². The number of hydrogen-bond acceptors (Lipinski definition) is 4. The van der Waals surface area contributed by atoms with Gasteiger partial charge in [-0.3, -0.25) is 0 Å². The highest BCUT2D eigenvalue weighted by atomic mass is 32.2. The van der Waals surface area contributed by atoms with Gasteiger partial charge in [0.25, 0.3) is 0 Å². The van der Waals surface area contributed by atoms with E-state index in [2.05, 4.69) is 10.5 Å². The van der Waals surface area contributed by atoms with E-state index in [1.807, 2.05) is 36.0 Å². The number of hydrogen-bond donors (Lipinski definition) is 3. The maximum Gasteiger partial charge on any atom is 0.170 e. The number of nitrogens with zero attached hydrogens (tertiary/aromatic N) is 1. The molecule has 1 atom stereocenters. The molecule has 2 rings (SSSR count). The molecular formula is C13H19N3OS. The number of amidine groups is 1. The molecule has 18 heavy (non-hydrogen) atoms. The SMILES string of the molecule is N/C(=N/O)c1ccccc1CNC1CCCSC1. The van der Waals surface area contributed by atoms with Crippen molar-refractivity contribution >= 4 is 17.6 Å². The van der Waals surface area contributed by atoms with Crippen LogP contribution < -0.4 is 11.1 Å². The molecule has 0 amide bonds. The maximum absolute atomic E-state index is 8.77. The average molecular weight is 265 g/mol. The molecule has 0 aromatic heterocycles. The number of oxime groups is 1. The number of thioether (sulfide) groups is 1. The van der Waals surface area contributed by atoms with Gasteiger partial charge in [-0.1, -0.05) is 29.4 Å². The monoisotopic (exact) mass is 265 g/mol. The highest BCUT2D eigenvalue weighted by Gasteiger charge is 2.14. The van der Waals surface area contributed by atoms with Gasteiger partial charge in [-0.25, -0.2) is 0 Å². The Morgan fingerprint density at radius 3 is 3.06 bits per heavy atom. The number of nitrogens with one attached hydrogen (secondary N) is 1. The van der Waals surface area contributed by atoms with Gasteiger partial charge in [0.05, 0.1) is 0 Å². The van der Waals surface area contributed by atoms with Gasteiger partial charge < -0.3 is 16.3 Å². The van der Waals surface area contributed by atoms with E-state index < -0.39 is 0 Å². The summed E-state index contributed by atoms with van der Waals surface area (Å²) in [6.07, 6.45) is 2.52. The highest BCUT2D eigenvalue weighted by Crippen LogP contribution is 2.17. The Morgan fingerprint density at radius 2 is 2.33 bits per heavy atom. The number of benzene rings is 1. The summed E-state index contributed by atoms with van der Waals surface area (Å²) in [6, 6.07) is 8.33. The van der Waals surface area contributed by atoms with Gasteiger partial charge in [0.15, 0.2) is 5.84 Å². The fraction of sp³-hybridized carbons (Fsp3) is 0.462. The van der Waals surface area contributed by atoms with Crippen LogP contribution in [0, 0.1) is 0 Å². The quantitative estimate of drug-likeness (QED) is 0.336. The van der Waals surface area contributed by atoms with Gasteiger partial charge in [0.1, 0.15) is 0 Å². The summed E-state index contributed by atoms with van der Waals surface area (Å²) < 4.78 is 0. The van der Waals surface area contributed by atoms with E-state index in [9.17, 15) is 0 Å². The van der Waals surface area contributed by atoms with Crippen LogP contribution in [0.4, 0.5) is 0 Å². The summed E-state index contributed by atoms with van der Waals surface area (Å²) in [5.74, 6) is 2.62. The Hall–Kier alpha value is -1.20. The second-order valence-electron chi connectivity index (χ2n) is 4.44. The molecule has 98 valence electrons. The Kier molecular flexibility index (Phi) is 4.90. The second kappa shape index (κ2) is 6.66. The van der Waals surface area contributed by atoms with E-state index in [-0.39, 0.29) is 5.84 Å². The number of nitrogens with two attached hydrogens (primary N) is 1. The van der Waals surface area contributed by atoms with Crippen LogP contribution in [-0.4, -0.2) is 28.6 Å². The summed E-state index contributed by atoms with van der Waals surface area (Å²) >= 11 is 2.00. The van der Waals surface area contributed by atoms with Crippen LogP contribution in [0.5, 0.6) is 0 Å². The summed E-state index contributed by atoms with van der Waals surface area (Å²) in [7, 11) is 0. The molecule has 4 N–H and O–H groups in total.